The van der Waals surface area contributed by atoms with Gasteiger partial charge in [-0.1, -0.05) is 12.1 Å². The number of benzene rings is 1. The Bertz CT molecular complexity index is 1120. The van der Waals surface area contributed by atoms with Crippen molar-refractivity contribution < 1.29 is 35.9 Å². The van der Waals surface area contributed by atoms with Crippen molar-refractivity contribution >= 4 is 15.9 Å². The number of rotatable bonds is 10. The summed E-state index contributed by atoms with van der Waals surface area (Å²) in [5.41, 5.74) is 0.434. The monoisotopic (exact) mass is 503 g/mol. The molecule has 2 rings (SSSR count). The molecule has 1 heterocycles. The second-order valence-corrected chi connectivity index (χ2v) is 9.76. The van der Waals surface area contributed by atoms with E-state index >= 15 is 0 Å². The fourth-order valence-electron chi connectivity index (χ4n) is 2.96. The average Bonchev–Trinajstić information content (AvgIpc) is 2.74. The summed E-state index contributed by atoms with van der Waals surface area (Å²) >= 11 is 0. The smallest absolute Gasteiger partial charge is 0.433 e. The summed E-state index contributed by atoms with van der Waals surface area (Å²) in [4.78, 5) is 16.3. The second kappa shape index (κ2) is 11.0. The molecule has 1 aromatic carbocycles. The SMILES string of the molecule is COc1cc(C(C)C(=O)NCc2ccc(C(F)(F)F)nc2OC(C)C)ccc1CNS(C)(=O)=O. The lowest BCUT2D eigenvalue weighted by Crippen LogP contribution is -2.28. The first-order valence-electron chi connectivity index (χ1n) is 10.3. The minimum atomic E-state index is -4.62. The first-order valence-corrected chi connectivity index (χ1v) is 12.2. The Balaban J connectivity index is 2.15. The summed E-state index contributed by atoms with van der Waals surface area (Å²) in [5.74, 6) is -0.780. The molecule has 0 aliphatic heterocycles. The molecular formula is C22H28F3N3O5S. The van der Waals surface area contributed by atoms with Gasteiger partial charge in [0.05, 0.1) is 25.4 Å². The first kappa shape index (κ1) is 27.4. The van der Waals surface area contributed by atoms with Gasteiger partial charge in [-0.15, -0.1) is 0 Å². The van der Waals surface area contributed by atoms with Crippen LogP contribution in [0.15, 0.2) is 30.3 Å². The zero-order chi connectivity index (χ0) is 25.7. The highest BCUT2D eigenvalue weighted by molar-refractivity contribution is 7.88. The maximum Gasteiger partial charge on any atom is 0.433 e. The number of carbonyl (C=O) groups excluding carboxylic acids is 1. The van der Waals surface area contributed by atoms with E-state index in [0.29, 0.717) is 22.4 Å². The molecule has 8 nitrogen and oxygen atoms in total. The van der Waals surface area contributed by atoms with Gasteiger partial charge in [-0.05, 0) is 44.5 Å². The number of hydrogen-bond acceptors (Lipinski definition) is 6. The molecule has 0 aliphatic carbocycles. The molecule has 2 N–H and O–H groups in total. The van der Waals surface area contributed by atoms with Crippen LogP contribution in [0.4, 0.5) is 13.2 Å². The van der Waals surface area contributed by atoms with Crippen molar-refractivity contribution in [1.82, 2.24) is 15.0 Å². The normalized spacial score (nSPS) is 13.0. The third-order valence-corrected chi connectivity index (χ3v) is 5.43. The lowest BCUT2D eigenvalue weighted by molar-refractivity contribution is -0.141. The van der Waals surface area contributed by atoms with E-state index in [1.807, 2.05) is 0 Å². The number of hydrogen-bond donors (Lipinski definition) is 2. The quantitative estimate of drug-likeness (QED) is 0.515. The highest BCUT2D eigenvalue weighted by atomic mass is 32.2. The minimum Gasteiger partial charge on any atom is -0.496 e. The minimum absolute atomic E-state index is 0.0302. The van der Waals surface area contributed by atoms with E-state index in [2.05, 4.69) is 15.0 Å². The molecule has 1 unspecified atom stereocenters. The number of ether oxygens (including phenoxy) is 2. The number of nitrogens with one attached hydrogen (secondary N) is 2. The number of nitrogens with zero attached hydrogens (tertiary/aromatic N) is 1. The standard InChI is InChI=1S/C22H28F3N3O5S/c1-13(2)33-21-17(8-9-19(28-21)22(23,24)25)11-26-20(29)14(3)15-6-7-16(18(10-15)32-4)12-27-34(5,30)31/h6-10,13-14,27H,11-12H2,1-5H3,(H,26,29). The summed E-state index contributed by atoms with van der Waals surface area (Å²) in [6.07, 6.45) is -3.98. The molecule has 34 heavy (non-hydrogen) atoms. The molecule has 2 aromatic rings. The van der Waals surface area contributed by atoms with Gasteiger partial charge in [0.25, 0.3) is 0 Å². The summed E-state index contributed by atoms with van der Waals surface area (Å²) < 4.78 is 74.8. The lowest BCUT2D eigenvalue weighted by atomic mass is 9.98. The number of halogens is 3. The highest BCUT2D eigenvalue weighted by Gasteiger charge is 2.33. The molecule has 1 amide bonds. The Morgan fingerprint density at radius 3 is 2.29 bits per heavy atom. The van der Waals surface area contributed by atoms with Crippen molar-refractivity contribution in [3.8, 4) is 11.6 Å². The molecule has 0 radical (unpaired) electrons. The fourth-order valence-corrected chi connectivity index (χ4v) is 3.38. The Labute approximate surface area is 196 Å². The molecule has 188 valence electrons. The molecule has 1 aromatic heterocycles. The van der Waals surface area contributed by atoms with Gasteiger partial charge in [0.2, 0.25) is 21.8 Å². The van der Waals surface area contributed by atoms with Gasteiger partial charge in [-0.25, -0.2) is 18.1 Å². The van der Waals surface area contributed by atoms with Crippen LogP contribution in [0.5, 0.6) is 11.6 Å². The molecular weight excluding hydrogens is 475 g/mol. The van der Waals surface area contributed by atoms with E-state index in [-0.39, 0.29) is 24.9 Å². The van der Waals surface area contributed by atoms with E-state index < -0.39 is 33.9 Å². The number of carbonyl (C=O) groups is 1. The van der Waals surface area contributed by atoms with Crippen LogP contribution in [0.25, 0.3) is 0 Å². The first-order chi connectivity index (χ1) is 15.7. The Morgan fingerprint density at radius 2 is 1.74 bits per heavy atom. The molecule has 0 saturated carbocycles. The zero-order valence-corrected chi connectivity index (χ0v) is 20.3. The van der Waals surface area contributed by atoms with Gasteiger partial charge in [0.1, 0.15) is 11.4 Å². The highest BCUT2D eigenvalue weighted by Crippen LogP contribution is 2.31. The third-order valence-electron chi connectivity index (χ3n) is 4.76. The topological polar surface area (TPSA) is 107 Å². The zero-order valence-electron chi connectivity index (χ0n) is 19.5. The number of amides is 1. The van der Waals surface area contributed by atoms with Gasteiger partial charge in [-0.2, -0.15) is 13.2 Å². The van der Waals surface area contributed by atoms with Crippen molar-refractivity contribution in [1.29, 1.82) is 0 Å². The van der Waals surface area contributed by atoms with Crippen molar-refractivity contribution in [2.75, 3.05) is 13.4 Å². The van der Waals surface area contributed by atoms with Crippen LogP contribution in [0.3, 0.4) is 0 Å². The summed E-state index contributed by atoms with van der Waals surface area (Å²) in [7, 11) is -1.96. The largest absolute Gasteiger partial charge is 0.496 e. The van der Waals surface area contributed by atoms with Crippen molar-refractivity contribution in [3.05, 3.63) is 52.7 Å². The molecule has 0 fully saturated rings. The predicted octanol–water partition coefficient (Wildman–Crippen LogP) is 3.37. The number of sulfonamides is 1. The fraction of sp³-hybridized carbons (Fsp3) is 0.455. The molecule has 0 spiro atoms. The van der Waals surface area contributed by atoms with E-state index in [0.717, 1.165) is 12.3 Å². The van der Waals surface area contributed by atoms with Crippen molar-refractivity contribution in [2.24, 2.45) is 0 Å². The van der Waals surface area contributed by atoms with Crippen molar-refractivity contribution in [3.63, 3.8) is 0 Å². The van der Waals surface area contributed by atoms with Gasteiger partial charge < -0.3 is 14.8 Å². The van der Waals surface area contributed by atoms with Crippen LogP contribution in [0, 0.1) is 0 Å². The van der Waals surface area contributed by atoms with E-state index in [9.17, 15) is 26.4 Å². The number of methoxy groups -OCH3 is 1. The molecule has 0 aliphatic rings. The van der Waals surface area contributed by atoms with Crippen LogP contribution in [0.2, 0.25) is 0 Å². The van der Waals surface area contributed by atoms with Crippen LogP contribution in [0.1, 0.15) is 49.1 Å². The molecule has 12 heteroatoms. The van der Waals surface area contributed by atoms with Gasteiger partial charge in [0, 0.05) is 24.2 Å². The average molecular weight is 504 g/mol. The van der Waals surface area contributed by atoms with Crippen LogP contribution < -0.4 is 19.5 Å². The van der Waals surface area contributed by atoms with Gasteiger partial charge in [-0.3, -0.25) is 4.79 Å². The summed E-state index contributed by atoms with van der Waals surface area (Å²) in [6, 6.07) is 7.04. The second-order valence-electron chi connectivity index (χ2n) is 7.93. The van der Waals surface area contributed by atoms with E-state index in [1.165, 1.54) is 13.2 Å². The van der Waals surface area contributed by atoms with Gasteiger partial charge in [0.15, 0.2) is 0 Å². The molecule has 0 saturated heterocycles. The Morgan fingerprint density at radius 1 is 1.09 bits per heavy atom. The van der Waals surface area contributed by atoms with Crippen molar-refractivity contribution in [2.45, 2.75) is 52.1 Å². The summed E-state index contributed by atoms with van der Waals surface area (Å²) in [5, 5.41) is 2.69. The molecule has 0 bridgehead atoms. The maximum absolute atomic E-state index is 13.0. The van der Waals surface area contributed by atoms with Crippen LogP contribution in [-0.2, 0) is 34.1 Å². The summed E-state index contributed by atoms with van der Waals surface area (Å²) in [6.45, 7) is 4.94. The number of pyridine rings is 1. The molecule has 1 atom stereocenters. The third kappa shape index (κ3) is 7.87. The predicted molar refractivity (Wildman–Crippen MR) is 120 cm³/mol. The van der Waals surface area contributed by atoms with Crippen LogP contribution in [-0.4, -0.2) is 38.8 Å². The van der Waals surface area contributed by atoms with Gasteiger partial charge >= 0.3 is 6.18 Å². The number of alkyl halides is 3. The van der Waals surface area contributed by atoms with Crippen LogP contribution >= 0.6 is 0 Å². The Kier molecular flexibility index (Phi) is 8.89. The number of aromatic nitrogens is 1. The van der Waals surface area contributed by atoms with E-state index in [4.69, 9.17) is 9.47 Å². The maximum atomic E-state index is 13.0. The Hall–Kier alpha value is -2.86. The van der Waals surface area contributed by atoms with E-state index in [1.54, 1.807) is 39.0 Å². The lowest BCUT2D eigenvalue weighted by Gasteiger charge is -2.18.